The quantitative estimate of drug-likeness (QED) is 0.185. The fourth-order valence-corrected chi connectivity index (χ4v) is 5.08. The minimum absolute atomic E-state index is 0.0925. The van der Waals surface area contributed by atoms with E-state index in [9.17, 15) is 14.0 Å². The summed E-state index contributed by atoms with van der Waals surface area (Å²) >= 11 is 10.3. The molecule has 1 aliphatic rings. The molecule has 2 amide bonds. The van der Waals surface area contributed by atoms with Crippen molar-refractivity contribution in [3.63, 3.8) is 0 Å². The molecule has 0 aliphatic carbocycles. The van der Waals surface area contributed by atoms with Crippen LogP contribution in [0.15, 0.2) is 76.6 Å². The standard InChI is InChI=1S/C28H22BrClFNO4S/c1-3-5-19-12-18(13-24(35-2)26(19)36-16-17-8-10-20(29)11-9-17)14-25-27(33)32(28(34)37-25)15-21-22(30)6-4-7-23(21)31/h3-4,6-14H,1,5,15-16H2,2H3/b25-14-. The lowest BCUT2D eigenvalue weighted by Gasteiger charge is -2.16. The first-order valence-corrected chi connectivity index (χ1v) is 13.2. The van der Waals surface area contributed by atoms with Crippen LogP contribution in [0.3, 0.4) is 0 Å². The van der Waals surface area contributed by atoms with Crippen LogP contribution in [0, 0.1) is 5.82 Å². The molecule has 190 valence electrons. The molecule has 1 fully saturated rings. The largest absolute Gasteiger partial charge is 0.493 e. The Labute approximate surface area is 232 Å². The van der Waals surface area contributed by atoms with Gasteiger partial charge in [-0.05, 0) is 71.8 Å². The van der Waals surface area contributed by atoms with E-state index in [-0.39, 0.29) is 22.0 Å². The fourth-order valence-electron chi connectivity index (χ4n) is 3.75. The summed E-state index contributed by atoms with van der Waals surface area (Å²) in [7, 11) is 1.54. The van der Waals surface area contributed by atoms with Crippen molar-refractivity contribution in [2.24, 2.45) is 0 Å². The number of hydrogen-bond acceptors (Lipinski definition) is 5. The molecule has 0 spiro atoms. The Morgan fingerprint density at radius 1 is 1.16 bits per heavy atom. The van der Waals surface area contributed by atoms with E-state index in [1.807, 2.05) is 30.3 Å². The average Bonchev–Trinajstić information content (AvgIpc) is 3.13. The van der Waals surface area contributed by atoms with Crippen LogP contribution in [-0.4, -0.2) is 23.2 Å². The van der Waals surface area contributed by atoms with Gasteiger partial charge in [-0.3, -0.25) is 14.5 Å². The maximum atomic E-state index is 14.2. The van der Waals surface area contributed by atoms with E-state index in [0.29, 0.717) is 30.1 Å². The third-order valence-electron chi connectivity index (χ3n) is 5.58. The van der Waals surface area contributed by atoms with Gasteiger partial charge in [-0.1, -0.05) is 51.8 Å². The molecule has 0 unspecified atom stereocenters. The summed E-state index contributed by atoms with van der Waals surface area (Å²) in [6.07, 6.45) is 3.86. The lowest BCUT2D eigenvalue weighted by molar-refractivity contribution is -0.123. The smallest absolute Gasteiger partial charge is 0.293 e. The van der Waals surface area contributed by atoms with Crippen molar-refractivity contribution in [3.05, 3.63) is 110 Å². The zero-order chi connectivity index (χ0) is 26.5. The summed E-state index contributed by atoms with van der Waals surface area (Å²) in [5, 5.41) is -0.344. The van der Waals surface area contributed by atoms with Crippen molar-refractivity contribution < 1.29 is 23.5 Å². The summed E-state index contributed by atoms with van der Waals surface area (Å²) in [6.45, 7) is 3.92. The van der Waals surface area contributed by atoms with Crippen molar-refractivity contribution in [1.29, 1.82) is 0 Å². The predicted octanol–water partition coefficient (Wildman–Crippen LogP) is 7.79. The molecule has 0 radical (unpaired) electrons. The molecule has 0 aromatic heterocycles. The number of carbonyl (C=O) groups excluding carboxylic acids is 2. The van der Waals surface area contributed by atoms with Gasteiger partial charge in [-0.25, -0.2) is 4.39 Å². The van der Waals surface area contributed by atoms with Gasteiger partial charge in [0.15, 0.2) is 11.5 Å². The molecule has 5 nitrogen and oxygen atoms in total. The molecule has 0 saturated carbocycles. The lowest BCUT2D eigenvalue weighted by Crippen LogP contribution is -2.28. The van der Waals surface area contributed by atoms with Crippen LogP contribution in [0.5, 0.6) is 11.5 Å². The highest BCUT2D eigenvalue weighted by molar-refractivity contribution is 9.10. The molecule has 1 aliphatic heterocycles. The van der Waals surface area contributed by atoms with Crippen molar-refractivity contribution in [3.8, 4) is 11.5 Å². The van der Waals surface area contributed by atoms with E-state index in [4.69, 9.17) is 21.1 Å². The minimum atomic E-state index is -0.576. The summed E-state index contributed by atoms with van der Waals surface area (Å²) in [6, 6.07) is 15.6. The second-order valence-corrected chi connectivity index (χ2v) is 10.4. The van der Waals surface area contributed by atoms with Crippen molar-refractivity contribution in [2.75, 3.05) is 7.11 Å². The molecule has 0 N–H and O–H groups in total. The molecule has 37 heavy (non-hydrogen) atoms. The van der Waals surface area contributed by atoms with Gasteiger partial charge in [0.05, 0.1) is 18.6 Å². The van der Waals surface area contributed by atoms with Crippen molar-refractivity contribution >= 4 is 56.5 Å². The molecule has 0 bridgehead atoms. The van der Waals surface area contributed by atoms with Gasteiger partial charge in [0.1, 0.15) is 12.4 Å². The molecular formula is C28H22BrClFNO4S. The van der Waals surface area contributed by atoms with Crippen LogP contribution in [0.2, 0.25) is 5.02 Å². The molecule has 3 aromatic rings. The monoisotopic (exact) mass is 601 g/mol. The zero-order valence-corrected chi connectivity index (χ0v) is 23.0. The number of carbonyl (C=O) groups is 2. The summed E-state index contributed by atoms with van der Waals surface area (Å²) in [5.41, 5.74) is 2.55. The number of methoxy groups -OCH3 is 1. The molecule has 9 heteroatoms. The highest BCUT2D eigenvalue weighted by atomic mass is 79.9. The maximum absolute atomic E-state index is 14.2. The number of hydrogen-bond donors (Lipinski definition) is 0. The van der Waals surface area contributed by atoms with Gasteiger partial charge in [-0.15, -0.1) is 6.58 Å². The number of nitrogens with zero attached hydrogens (tertiary/aromatic N) is 1. The van der Waals surface area contributed by atoms with E-state index in [1.54, 1.807) is 18.2 Å². The van der Waals surface area contributed by atoms with Crippen LogP contribution in [0.25, 0.3) is 6.08 Å². The van der Waals surface area contributed by atoms with Crippen LogP contribution in [-0.2, 0) is 24.4 Å². The minimum Gasteiger partial charge on any atom is -0.493 e. The summed E-state index contributed by atoms with van der Waals surface area (Å²) in [4.78, 5) is 26.8. The number of imide groups is 1. The van der Waals surface area contributed by atoms with Gasteiger partial charge < -0.3 is 9.47 Å². The molecule has 1 heterocycles. The first kappa shape index (κ1) is 27.0. The van der Waals surface area contributed by atoms with Gasteiger partial charge in [0, 0.05) is 20.6 Å². The van der Waals surface area contributed by atoms with Crippen molar-refractivity contribution in [2.45, 2.75) is 19.6 Å². The Morgan fingerprint density at radius 3 is 2.59 bits per heavy atom. The summed E-state index contributed by atoms with van der Waals surface area (Å²) in [5.74, 6) is -0.0352. The topological polar surface area (TPSA) is 55.8 Å². The SMILES string of the molecule is C=CCc1cc(/C=C2\SC(=O)N(Cc3c(F)cccc3Cl)C2=O)cc(OC)c1OCc1ccc(Br)cc1. The van der Waals surface area contributed by atoms with Gasteiger partial charge >= 0.3 is 0 Å². The molecule has 3 aromatic carbocycles. The number of allylic oxidation sites excluding steroid dienone is 1. The van der Waals surface area contributed by atoms with Crippen molar-refractivity contribution in [1.82, 2.24) is 4.90 Å². The number of rotatable bonds is 9. The van der Waals surface area contributed by atoms with Gasteiger partial charge in [-0.2, -0.15) is 0 Å². The Morgan fingerprint density at radius 2 is 1.92 bits per heavy atom. The number of amides is 2. The predicted molar refractivity (Wildman–Crippen MR) is 148 cm³/mol. The molecule has 4 rings (SSSR count). The first-order valence-electron chi connectivity index (χ1n) is 11.2. The van der Waals surface area contributed by atoms with Crippen LogP contribution in [0.1, 0.15) is 22.3 Å². The average molecular weight is 603 g/mol. The van der Waals surface area contributed by atoms with Crippen LogP contribution >= 0.6 is 39.3 Å². The number of benzene rings is 3. The Bertz CT molecular complexity index is 1370. The molecule has 0 atom stereocenters. The number of ether oxygens (including phenoxy) is 2. The first-order chi connectivity index (χ1) is 17.8. The Balaban J connectivity index is 1.60. The highest BCUT2D eigenvalue weighted by Gasteiger charge is 2.36. The van der Waals surface area contributed by atoms with E-state index >= 15 is 0 Å². The molecular weight excluding hydrogens is 581 g/mol. The third-order valence-corrected chi connectivity index (χ3v) is 7.37. The zero-order valence-electron chi connectivity index (χ0n) is 19.8. The second-order valence-electron chi connectivity index (χ2n) is 8.09. The van der Waals surface area contributed by atoms with Crippen LogP contribution in [0.4, 0.5) is 9.18 Å². The normalized spacial score (nSPS) is 14.4. The maximum Gasteiger partial charge on any atom is 0.293 e. The molecule has 1 saturated heterocycles. The third kappa shape index (κ3) is 6.26. The van der Waals surface area contributed by atoms with Gasteiger partial charge in [0.2, 0.25) is 0 Å². The Kier molecular flexibility index (Phi) is 8.74. The van der Waals surface area contributed by atoms with Gasteiger partial charge in [0.25, 0.3) is 11.1 Å². The van der Waals surface area contributed by atoms with E-state index in [0.717, 1.165) is 32.3 Å². The second kappa shape index (κ2) is 12.0. The van der Waals surface area contributed by atoms with E-state index in [2.05, 4.69) is 22.5 Å². The Hall–Kier alpha value is -3.07. The van der Waals surface area contributed by atoms with E-state index < -0.39 is 17.0 Å². The van der Waals surface area contributed by atoms with Crippen LogP contribution < -0.4 is 9.47 Å². The fraction of sp³-hybridized carbons (Fsp3) is 0.143. The summed E-state index contributed by atoms with van der Waals surface area (Å²) < 4.78 is 26.9. The lowest BCUT2D eigenvalue weighted by atomic mass is 10.0. The number of thioether (sulfide) groups is 1. The number of halogens is 3. The van der Waals surface area contributed by atoms with E-state index in [1.165, 1.54) is 25.3 Å². The highest BCUT2D eigenvalue weighted by Crippen LogP contribution is 2.38.